The zero-order chi connectivity index (χ0) is 22.1. The lowest BCUT2D eigenvalue weighted by atomic mass is 10.2. The van der Waals surface area contributed by atoms with E-state index in [1.165, 1.54) is 23.7 Å². The van der Waals surface area contributed by atoms with Gasteiger partial charge in [-0.2, -0.15) is 0 Å². The number of benzene rings is 2. The maximum absolute atomic E-state index is 11.6. The van der Waals surface area contributed by atoms with Crippen LogP contribution in [0.25, 0.3) is 0 Å². The molecule has 0 N–H and O–H groups in total. The monoisotopic (exact) mass is 437 g/mol. The molecule has 0 unspecified atom stereocenters. The van der Waals surface area contributed by atoms with Gasteiger partial charge in [0.15, 0.2) is 11.8 Å². The van der Waals surface area contributed by atoms with Crippen molar-refractivity contribution in [3.8, 4) is 0 Å². The summed E-state index contributed by atoms with van der Waals surface area (Å²) in [5, 5.41) is 2.33. The third-order valence-electron chi connectivity index (χ3n) is 5.62. The summed E-state index contributed by atoms with van der Waals surface area (Å²) in [5.41, 5.74) is 0.139. The SMILES string of the molecule is COC(=O)c1coc([C@H]2O[C@@H]2CO[Si](c2ccccc2)(c2ccccc2)C(C)(C)C)n1. The number of carbonyl (C=O) groups excluding carboxylic acids is 1. The number of carbonyl (C=O) groups is 1. The van der Waals surface area contributed by atoms with Crippen LogP contribution in [0.5, 0.6) is 0 Å². The Labute approximate surface area is 183 Å². The van der Waals surface area contributed by atoms with Crippen molar-refractivity contribution in [2.24, 2.45) is 0 Å². The zero-order valence-corrected chi connectivity index (χ0v) is 19.2. The van der Waals surface area contributed by atoms with Crippen LogP contribution in [-0.2, 0) is 13.9 Å². The van der Waals surface area contributed by atoms with Gasteiger partial charge in [0.2, 0.25) is 5.89 Å². The standard InChI is InChI=1S/C24H27NO5Si/c1-24(2,3)31(17-11-7-5-8-12-17,18-13-9-6-10-14-18)29-16-20-21(30-20)22-25-19(15-28-22)23(26)27-4/h5-15,20-21H,16H2,1-4H3/t20-,21+/m1/s1. The Morgan fingerprint density at radius 1 is 1.03 bits per heavy atom. The molecule has 2 aromatic carbocycles. The minimum atomic E-state index is -2.63. The van der Waals surface area contributed by atoms with Crippen LogP contribution in [0.1, 0.15) is 43.3 Å². The molecule has 1 fully saturated rings. The Morgan fingerprint density at radius 3 is 2.13 bits per heavy atom. The zero-order valence-electron chi connectivity index (χ0n) is 18.2. The van der Waals surface area contributed by atoms with E-state index in [-0.39, 0.29) is 22.9 Å². The second-order valence-electron chi connectivity index (χ2n) is 8.63. The topological polar surface area (TPSA) is 74.1 Å². The number of hydrogen-bond donors (Lipinski definition) is 0. The third-order valence-corrected chi connectivity index (χ3v) is 10.6. The minimum Gasteiger partial charge on any atom is -0.464 e. The molecular formula is C24H27NO5Si. The summed E-state index contributed by atoms with van der Waals surface area (Å²) in [4.78, 5) is 15.8. The van der Waals surface area contributed by atoms with Gasteiger partial charge in [0.25, 0.3) is 8.32 Å². The molecule has 1 saturated heterocycles. The van der Waals surface area contributed by atoms with Gasteiger partial charge in [-0.1, -0.05) is 81.4 Å². The Kier molecular flexibility index (Phi) is 5.83. The maximum Gasteiger partial charge on any atom is 0.360 e. The van der Waals surface area contributed by atoms with E-state index >= 15 is 0 Å². The van der Waals surface area contributed by atoms with E-state index in [0.717, 1.165) is 0 Å². The summed E-state index contributed by atoms with van der Waals surface area (Å²) in [6, 6.07) is 20.9. The molecule has 1 aromatic heterocycles. The van der Waals surface area contributed by atoms with E-state index in [4.69, 9.17) is 13.6 Å². The van der Waals surface area contributed by atoms with E-state index in [2.05, 4.69) is 79.0 Å². The number of epoxide rings is 1. The Hall–Kier alpha value is -2.74. The average Bonchev–Trinajstić information content (AvgIpc) is 3.38. The van der Waals surface area contributed by atoms with Gasteiger partial charge in [0.05, 0.1) is 13.7 Å². The van der Waals surface area contributed by atoms with Crippen molar-refractivity contribution in [1.82, 2.24) is 4.98 Å². The van der Waals surface area contributed by atoms with E-state index in [1.807, 2.05) is 12.1 Å². The highest BCUT2D eigenvalue weighted by molar-refractivity contribution is 6.99. The smallest absolute Gasteiger partial charge is 0.360 e. The highest BCUT2D eigenvalue weighted by Gasteiger charge is 2.53. The van der Waals surface area contributed by atoms with Gasteiger partial charge >= 0.3 is 5.97 Å². The first-order valence-corrected chi connectivity index (χ1v) is 12.2. The predicted octanol–water partition coefficient (Wildman–Crippen LogP) is 3.48. The number of aromatic nitrogens is 1. The molecule has 162 valence electrons. The lowest BCUT2D eigenvalue weighted by Gasteiger charge is -2.43. The lowest BCUT2D eigenvalue weighted by molar-refractivity contribution is 0.0594. The van der Waals surface area contributed by atoms with Gasteiger partial charge in [-0.05, 0) is 15.4 Å². The fourth-order valence-electron chi connectivity index (χ4n) is 4.07. The first-order valence-electron chi connectivity index (χ1n) is 10.3. The molecule has 1 aliphatic rings. The largest absolute Gasteiger partial charge is 0.464 e. The molecule has 7 heteroatoms. The summed E-state index contributed by atoms with van der Waals surface area (Å²) in [6.45, 7) is 7.12. The normalized spacial score (nSPS) is 18.6. The van der Waals surface area contributed by atoms with Crippen molar-refractivity contribution < 1.29 is 23.1 Å². The second kappa shape index (κ2) is 8.41. The van der Waals surface area contributed by atoms with E-state index < -0.39 is 14.3 Å². The van der Waals surface area contributed by atoms with E-state index in [0.29, 0.717) is 12.5 Å². The van der Waals surface area contributed by atoms with Crippen molar-refractivity contribution in [1.29, 1.82) is 0 Å². The van der Waals surface area contributed by atoms with E-state index in [1.54, 1.807) is 0 Å². The number of ether oxygens (including phenoxy) is 2. The fraction of sp³-hybridized carbons (Fsp3) is 0.333. The molecule has 2 heterocycles. The van der Waals surface area contributed by atoms with Crippen LogP contribution in [0.4, 0.5) is 0 Å². The third kappa shape index (κ3) is 4.08. The number of methoxy groups -OCH3 is 1. The van der Waals surface area contributed by atoms with Crippen LogP contribution in [0, 0.1) is 0 Å². The fourth-order valence-corrected chi connectivity index (χ4v) is 8.64. The van der Waals surface area contributed by atoms with Crippen molar-refractivity contribution in [3.05, 3.63) is 78.5 Å². The quantitative estimate of drug-likeness (QED) is 0.320. The van der Waals surface area contributed by atoms with Crippen molar-refractivity contribution in [2.75, 3.05) is 13.7 Å². The van der Waals surface area contributed by atoms with Gasteiger partial charge in [-0.15, -0.1) is 0 Å². The Balaban J connectivity index is 1.60. The first kappa shape index (κ1) is 21.5. The minimum absolute atomic E-state index is 0.110. The van der Waals surface area contributed by atoms with Crippen LogP contribution in [0.2, 0.25) is 5.04 Å². The summed E-state index contributed by atoms with van der Waals surface area (Å²) in [7, 11) is -1.32. The molecule has 0 amide bonds. The molecular weight excluding hydrogens is 410 g/mol. The summed E-state index contributed by atoms with van der Waals surface area (Å²) in [5.74, 6) is -0.160. The van der Waals surface area contributed by atoms with Crippen LogP contribution < -0.4 is 10.4 Å². The molecule has 0 radical (unpaired) electrons. The maximum atomic E-state index is 11.6. The molecule has 0 spiro atoms. The number of hydrogen-bond acceptors (Lipinski definition) is 6. The molecule has 3 aromatic rings. The van der Waals surface area contributed by atoms with Crippen molar-refractivity contribution in [3.63, 3.8) is 0 Å². The van der Waals surface area contributed by atoms with Gasteiger partial charge in [0, 0.05) is 0 Å². The van der Waals surface area contributed by atoms with Gasteiger partial charge in [0.1, 0.15) is 12.4 Å². The van der Waals surface area contributed by atoms with Crippen LogP contribution >= 0.6 is 0 Å². The summed E-state index contributed by atoms with van der Waals surface area (Å²) < 4.78 is 22.8. The molecule has 0 aliphatic carbocycles. The number of rotatable bonds is 7. The molecule has 31 heavy (non-hydrogen) atoms. The van der Waals surface area contributed by atoms with Gasteiger partial charge in [-0.25, -0.2) is 9.78 Å². The predicted molar refractivity (Wildman–Crippen MR) is 119 cm³/mol. The van der Waals surface area contributed by atoms with Crippen molar-refractivity contribution in [2.45, 2.75) is 38.0 Å². The molecule has 2 atom stereocenters. The highest BCUT2D eigenvalue weighted by atomic mass is 28.4. The average molecular weight is 438 g/mol. The van der Waals surface area contributed by atoms with E-state index in [9.17, 15) is 4.79 Å². The summed E-state index contributed by atoms with van der Waals surface area (Å²) in [6.07, 6.45) is 0.797. The Bertz CT molecular complexity index is 989. The van der Waals surface area contributed by atoms with Gasteiger partial charge in [-0.3, -0.25) is 0 Å². The van der Waals surface area contributed by atoms with Gasteiger partial charge < -0.3 is 18.3 Å². The highest BCUT2D eigenvalue weighted by Crippen LogP contribution is 2.41. The second-order valence-corrected chi connectivity index (χ2v) is 12.9. The molecule has 6 nitrogen and oxygen atoms in total. The van der Waals surface area contributed by atoms with Crippen molar-refractivity contribution >= 4 is 24.7 Å². The number of oxazole rings is 1. The number of esters is 1. The lowest BCUT2D eigenvalue weighted by Crippen LogP contribution is -2.66. The summed E-state index contributed by atoms with van der Waals surface area (Å²) >= 11 is 0. The molecule has 0 saturated carbocycles. The Morgan fingerprint density at radius 2 is 1.61 bits per heavy atom. The van der Waals surface area contributed by atoms with Crippen LogP contribution in [-0.4, -0.2) is 39.1 Å². The van der Waals surface area contributed by atoms with Crippen LogP contribution in [0.15, 0.2) is 71.3 Å². The first-order chi connectivity index (χ1) is 14.9. The molecule has 0 bridgehead atoms. The molecule has 4 rings (SSSR count). The number of nitrogens with zero attached hydrogens (tertiary/aromatic N) is 1. The molecule has 1 aliphatic heterocycles. The van der Waals surface area contributed by atoms with Crippen LogP contribution in [0.3, 0.4) is 0 Å².